The first-order valence-electron chi connectivity index (χ1n) is 9.91. The number of methoxy groups -OCH3 is 1. The molecule has 0 saturated heterocycles. The van der Waals surface area contributed by atoms with Crippen molar-refractivity contribution < 1.29 is 19.7 Å². The van der Waals surface area contributed by atoms with Crippen LogP contribution in [0.1, 0.15) is 36.5 Å². The number of phenols is 1. The van der Waals surface area contributed by atoms with E-state index in [0.717, 1.165) is 28.9 Å². The molecule has 0 aliphatic rings. The van der Waals surface area contributed by atoms with E-state index in [1.807, 2.05) is 73.7 Å². The first-order chi connectivity index (χ1) is 14.1. The minimum absolute atomic E-state index is 0.190. The van der Waals surface area contributed by atoms with Gasteiger partial charge in [-0.15, -0.1) is 0 Å². The van der Waals surface area contributed by atoms with Crippen LogP contribution in [0.5, 0.6) is 11.5 Å². The largest absolute Gasteiger partial charge is 0.508 e. The fourth-order valence-electron chi connectivity index (χ4n) is 3.58. The SMILES string of the molecule is CCCC(O)COC(c1ccccc1)(c1ccc(O)cc1)c1ccc(OC)cc1. The molecule has 3 aromatic rings. The predicted molar refractivity (Wildman–Crippen MR) is 114 cm³/mol. The molecule has 0 amide bonds. The van der Waals surface area contributed by atoms with Gasteiger partial charge in [-0.25, -0.2) is 0 Å². The van der Waals surface area contributed by atoms with E-state index in [-0.39, 0.29) is 12.4 Å². The average molecular weight is 392 g/mol. The zero-order chi connectivity index (χ0) is 20.7. The van der Waals surface area contributed by atoms with Crippen LogP contribution in [0.2, 0.25) is 0 Å². The van der Waals surface area contributed by atoms with Crippen LogP contribution in [0, 0.1) is 0 Å². The number of hydrogen-bond acceptors (Lipinski definition) is 4. The lowest BCUT2D eigenvalue weighted by molar-refractivity contribution is -0.0401. The Labute approximate surface area is 172 Å². The first kappa shape index (κ1) is 20.9. The fourth-order valence-corrected chi connectivity index (χ4v) is 3.58. The molecular formula is C25H28O4. The summed E-state index contributed by atoms with van der Waals surface area (Å²) in [6.45, 7) is 2.23. The molecule has 2 N–H and O–H groups in total. The maximum atomic E-state index is 10.4. The van der Waals surface area contributed by atoms with E-state index in [1.54, 1.807) is 19.2 Å². The zero-order valence-electron chi connectivity index (χ0n) is 16.9. The van der Waals surface area contributed by atoms with Crippen molar-refractivity contribution >= 4 is 0 Å². The molecule has 0 heterocycles. The quantitative estimate of drug-likeness (QED) is 0.510. The van der Waals surface area contributed by atoms with E-state index in [4.69, 9.17) is 9.47 Å². The molecule has 0 aliphatic heterocycles. The van der Waals surface area contributed by atoms with Gasteiger partial charge in [0.05, 0.1) is 19.8 Å². The summed E-state index contributed by atoms with van der Waals surface area (Å²) in [4.78, 5) is 0. The molecule has 0 aromatic heterocycles. The lowest BCUT2D eigenvalue weighted by atomic mass is 9.80. The summed E-state index contributed by atoms with van der Waals surface area (Å²) in [7, 11) is 1.64. The summed E-state index contributed by atoms with van der Waals surface area (Å²) < 4.78 is 11.9. The number of phenolic OH excluding ortho intramolecular Hbond substituents is 1. The Kier molecular flexibility index (Phi) is 6.91. The summed E-state index contributed by atoms with van der Waals surface area (Å²) in [6.07, 6.45) is 0.992. The molecule has 3 rings (SSSR count). The summed E-state index contributed by atoms with van der Waals surface area (Å²) in [5, 5.41) is 20.2. The molecule has 29 heavy (non-hydrogen) atoms. The van der Waals surface area contributed by atoms with Gasteiger partial charge in [-0.2, -0.15) is 0 Å². The molecule has 0 aliphatic carbocycles. The van der Waals surface area contributed by atoms with Crippen LogP contribution >= 0.6 is 0 Å². The van der Waals surface area contributed by atoms with Crippen LogP contribution < -0.4 is 4.74 Å². The van der Waals surface area contributed by atoms with Gasteiger partial charge in [0.25, 0.3) is 0 Å². The lowest BCUT2D eigenvalue weighted by Crippen LogP contribution is -2.35. The fraction of sp³-hybridized carbons (Fsp3) is 0.280. The van der Waals surface area contributed by atoms with Gasteiger partial charge in [0, 0.05) is 0 Å². The van der Waals surface area contributed by atoms with Crippen LogP contribution in [0.3, 0.4) is 0 Å². The maximum Gasteiger partial charge on any atom is 0.143 e. The van der Waals surface area contributed by atoms with E-state index in [1.165, 1.54) is 0 Å². The molecule has 0 saturated carbocycles. The molecule has 0 spiro atoms. The molecular weight excluding hydrogens is 364 g/mol. The Morgan fingerprint density at radius 2 is 1.38 bits per heavy atom. The van der Waals surface area contributed by atoms with Gasteiger partial charge in [-0.3, -0.25) is 0 Å². The van der Waals surface area contributed by atoms with E-state index >= 15 is 0 Å². The van der Waals surface area contributed by atoms with Crippen LogP contribution in [-0.2, 0) is 10.3 Å². The standard InChI is InChI=1S/C25H28O4/c1-3-7-23(27)18-29-25(19-8-5-4-6-9-19,20-10-14-22(26)15-11-20)21-12-16-24(28-2)17-13-21/h4-6,8-17,23,26-27H,3,7,18H2,1-2H3. The topological polar surface area (TPSA) is 58.9 Å². The highest BCUT2D eigenvalue weighted by molar-refractivity contribution is 5.49. The summed E-state index contributed by atoms with van der Waals surface area (Å²) in [5.74, 6) is 0.948. The molecule has 2 atom stereocenters. The van der Waals surface area contributed by atoms with Gasteiger partial charge in [-0.1, -0.05) is 67.9 Å². The van der Waals surface area contributed by atoms with Gasteiger partial charge in [0.2, 0.25) is 0 Å². The lowest BCUT2D eigenvalue weighted by Gasteiger charge is -2.36. The number of aliphatic hydroxyl groups is 1. The number of aliphatic hydroxyl groups excluding tert-OH is 1. The smallest absolute Gasteiger partial charge is 0.143 e. The van der Waals surface area contributed by atoms with E-state index in [0.29, 0.717) is 6.42 Å². The highest BCUT2D eigenvalue weighted by atomic mass is 16.5. The van der Waals surface area contributed by atoms with Crippen molar-refractivity contribution in [3.63, 3.8) is 0 Å². The molecule has 2 unspecified atom stereocenters. The summed E-state index contributed by atoms with van der Waals surface area (Å²) in [6, 6.07) is 24.7. The zero-order valence-corrected chi connectivity index (χ0v) is 16.9. The summed E-state index contributed by atoms with van der Waals surface area (Å²) in [5.41, 5.74) is 1.80. The molecule has 0 radical (unpaired) electrons. The predicted octanol–water partition coefficient (Wildman–Crippen LogP) is 4.87. The van der Waals surface area contributed by atoms with E-state index in [2.05, 4.69) is 0 Å². The summed E-state index contributed by atoms with van der Waals surface area (Å²) >= 11 is 0. The second-order valence-electron chi connectivity index (χ2n) is 7.08. The van der Waals surface area contributed by atoms with Crippen LogP contribution in [0.4, 0.5) is 0 Å². The van der Waals surface area contributed by atoms with Crippen LogP contribution in [0.25, 0.3) is 0 Å². The number of aromatic hydroxyl groups is 1. The second-order valence-corrected chi connectivity index (χ2v) is 7.08. The molecule has 0 fully saturated rings. The molecule has 3 aromatic carbocycles. The molecule has 4 heteroatoms. The first-order valence-corrected chi connectivity index (χ1v) is 9.91. The molecule has 152 valence electrons. The van der Waals surface area contributed by atoms with Crippen molar-refractivity contribution in [1.29, 1.82) is 0 Å². The minimum Gasteiger partial charge on any atom is -0.508 e. The third-order valence-electron chi connectivity index (χ3n) is 5.06. The van der Waals surface area contributed by atoms with Gasteiger partial charge < -0.3 is 19.7 Å². The Hall–Kier alpha value is -2.82. The van der Waals surface area contributed by atoms with Crippen molar-refractivity contribution in [2.45, 2.75) is 31.5 Å². The number of benzene rings is 3. The Balaban J connectivity index is 2.18. The Bertz CT molecular complexity index is 875. The van der Waals surface area contributed by atoms with Gasteiger partial charge in [-0.05, 0) is 47.4 Å². The highest BCUT2D eigenvalue weighted by Crippen LogP contribution is 2.41. The molecule has 4 nitrogen and oxygen atoms in total. The van der Waals surface area contributed by atoms with Gasteiger partial charge in [0.15, 0.2) is 0 Å². The van der Waals surface area contributed by atoms with Crippen LogP contribution in [0.15, 0.2) is 78.9 Å². The second kappa shape index (κ2) is 9.59. The molecule has 0 bridgehead atoms. The Morgan fingerprint density at radius 1 is 0.828 bits per heavy atom. The number of hydrogen-bond donors (Lipinski definition) is 2. The van der Waals surface area contributed by atoms with Gasteiger partial charge in [0.1, 0.15) is 17.1 Å². The Morgan fingerprint density at radius 3 is 1.93 bits per heavy atom. The van der Waals surface area contributed by atoms with Crippen molar-refractivity contribution in [1.82, 2.24) is 0 Å². The maximum absolute atomic E-state index is 10.4. The average Bonchev–Trinajstić information content (AvgIpc) is 2.76. The minimum atomic E-state index is -0.935. The normalized spacial score (nSPS) is 14.2. The van der Waals surface area contributed by atoms with Crippen molar-refractivity contribution in [2.24, 2.45) is 0 Å². The third-order valence-corrected chi connectivity index (χ3v) is 5.06. The van der Waals surface area contributed by atoms with Crippen molar-refractivity contribution in [3.05, 3.63) is 95.6 Å². The number of rotatable bonds is 9. The third kappa shape index (κ3) is 4.61. The number of ether oxygens (including phenoxy) is 2. The highest BCUT2D eigenvalue weighted by Gasteiger charge is 2.38. The van der Waals surface area contributed by atoms with Gasteiger partial charge >= 0.3 is 0 Å². The van der Waals surface area contributed by atoms with E-state index < -0.39 is 11.7 Å². The van der Waals surface area contributed by atoms with Crippen molar-refractivity contribution in [2.75, 3.05) is 13.7 Å². The van der Waals surface area contributed by atoms with E-state index in [9.17, 15) is 10.2 Å². The monoisotopic (exact) mass is 392 g/mol. The van der Waals surface area contributed by atoms with Crippen molar-refractivity contribution in [3.8, 4) is 11.5 Å². The van der Waals surface area contributed by atoms with Crippen LogP contribution in [-0.4, -0.2) is 30.0 Å².